The van der Waals surface area contributed by atoms with E-state index in [1.54, 1.807) is 26.0 Å². The molecule has 0 bridgehead atoms. The third-order valence-electron chi connectivity index (χ3n) is 5.73. The Morgan fingerprint density at radius 2 is 1.86 bits per heavy atom. The highest BCUT2D eigenvalue weighted by Crippen LogP contribution is 2.39. The largest absolute Gasteiger partial charge is 0.490 e. The van der Waals surface area contributed by atoms with Crippen LogP contribution < -0.4 is 16.4 Å². The first-order chi connectivity index (χ1) is 17.2. The normalized spacial score (nSPS) is 14.0. The van der Waals surface area contributed by atoms with Gasteiger partial charge in [-0.05, 0) is 51.5 Å². The predicted octanol–water partition coefficient (Wildman–Crippen LogP) is 4.49. The predicted molar refractivity (Wildman–Crippen MR) is 130 cm³/mol. The van der Waals surface area contributed by atoms with Crippen molar-refractivity contribution in [2.75, 3.05) is 17.2 Å². The summed E-state index contributed by atoms with van der Waals surface area (Å²) in [6, 6.07) is 2.28. The van der Waals surface area contributed by atoms with Crippen LogP contribution in [0.2, 0.25) is 0 Å². The summed E-state index contributed by atoms with van der Waals surface area (Å²) in [5, 5.41) is 4.85. The number of nitrogens with one attached hydrogen (secondary N) is 2. The molecule has 4 N–H and O–H groups in total. The van der Waals surface area contributed by atoms with E-state index in [2.05, 4.69) is 20.6 Å². The van der Waals surface area contributed by atoms with E-state index in [0.717, 1.165) is 12.1 Å². The van der Waals surface area contributed by atoms with Crippen molar-refractivity contribution < 1.29 is 32.3 Å². The molecule has 9 nitrogen and oxygen atoms in total. The average molecular weight is 518 g/mol. The fraction of sp³-hybridized carbons (Fsp3) is 0.320. The first-order valence-corrected chi connectivity index (χ1v) is 11.3. The number of ether oxygens (including phenoxy) is 1. The summed E-state index contributed by atoms with van der Waals surface area (Å²) in [6.07, 6.45) is -0.0822. The topological polar surface area (TPSA) is 136 Å². The standard InChI is InChI=1S/C25H26F3N5O4/c1-5-37-20-10-14(6-9-19(20)34)21-30-12-18(13(2)31-21)33-23(36)32-15-7-8-16(24(3,4)22(29)35)17(11-15)25(26,27)28/h6-8,10-12H,5,9H2,1-4H3,(H2,29,35)(H2,32,33,36). The van der Waals surface area contributed by atoms with Gasteiger partial charge in [-0.2, -0.15) is 13.2 Å². The Balaban J connectivity index is 1.79. The highest BCUT2D eigenvalue weighted by molar-refractivity contribution is 6.01. The maximum absolute atomic E-state index is 13.7. The van der Waals surface area contributed by atoms with Crippen LogP contribution in [0.5, 0.6) is 0 Å². The minimum Gasteiger partial charge on any atom is -0.490 e. The van der Waals surface area contributed by atoms with Crippen molar-refractivity contribution >= 4 is 34.7 Å². The quantitative estimate of drug-likeness (QED) is 0.495. The van der Waals surface area contributed by atoms with Gasteiger partial charge < -0.3 is 21.1 Å². The van der Waals surface area contributed by atoms with Crippen LogP contribution in [0, 0.1) is 6.92 Å². The molecular weight excluding hydrogens is 491 g/mol. The number of nitrogens with two attached hydrogens (primary N) is 1. The lowest BCUT2D eigenvalue weighted by Gasteiger charge is -2.26. The second-order valence-corrected chi connectivity index (χ2v) is 8.75. The number of allylic oxidation sites excluding steroid dienone is 4. The Hall–Kier alpha value is -4.22. The summed E-state index contributed by atoms with van der Waals surface area (Å²) in [6.45, 7) is 6.30. The van der Waals surface area contributed by atoms with E-state index in [1.165, 1.54) is 26.1 Å². The van der Waals surface area contributed by atoms with Gasteiger partial charge in [-0.15, -0.1) is 0 Å². The monoisotopic (exact) mass is 517 g/mol. The highest BCUT2D eigenvalue weighted by Gasteiger charge is 2.40. The van der Waals surface area contributed by atoms with Gasteiger partial charge in [0, 0.05) is 17.7 Å². The summed E-state index contributed by atoms with van der Waals surface area (Å²) in [7, 11) is 0. The van der Waals surface area contributed by atoms with Crippen LogP contribution in [0.4, 0.5) is 29.3 Å². The lowest BCUT2D eigenvalue weighted by Crippen LogP contribution is -2.37. The number of carbonyl (C=O) groups excluding carboxylic acids is 3. The second-order valence-electron chi connectivity index (χ2n) is 8.75. The fourth-order valence-corrected chi connectivity index (χ4v) is 3.57. The van der Waals surface area contributed by atoms with Crippen molar-refractivity contribution in [3.63, 3.8) is 0 Å². The number of amides is 3. The van der Waals surface area contributed by atoms with Gasteiger partial charge in [0.2, 0.25) is 11.7 Å². The molecule has 0 saturated heterocycles. The number of hydrogen-bond donors (Lipinski definition) is 3. The number of ketones is 1. The lowest BCUT2D eigenvalue weighted by atomic mass is 9.80. The minimum absolute atomic E-state index is 0.140. The smallest absolute Gasteiger partial charge is 0.416 e. The Morgan fingerprint density at radius 1 is 1.16 bits per heavy atom. The number of anilines is 2. The molecule has 1 aliphatic carbocycles. The van der Waals surface area contributed by atoms with Gasteiger partial charge in [-0.1, -0.05) is 12.1 Å². The number of alkyl halides is 3. The van der Waals surface area contributed by atoms with E-state index in [4.69, 9.17) is 10.5 Å². The Bertz CT molecular complexity index is 1320. The van der Waals surface area contributed by atoms with Crippen LogP contribution in [-0.4, -0.2) is 34.3 Å². The van der Waals surface area contributed by atoms with Gasteiger partial charge in [0.05, 0.1) is 35.2 Å². The molecule has 0 saturated carbocycles. The summed E-state index contributed by atoms with van der Waals surface area (Å²) in [5.41, 5.74) is 3.37. The Kier molecular flexibility index (Phi) is 7.70. The third-order valence-corrected chi connectivity index (χ3v) is 5.73. The number of hydrogen-bond acceptors (Lipinski definition) is 6. The molecule has 0 spiro atoms. The van der Waals surface area contributed by atoms with Crippen molar-refractivity contribution in [1.29, 1.82) is 0 Å². The van der Waals surface area contributed by atoms with Crippen LogP contribution >= 0.6 is 0 Å². The molecule has 1 heterocycles. The molecule has 0 unspecified atom stereocenters. The molecule has 1 aromatic carbocycles. The average Bonchev–Trinajstić information content (AvgIpc) is 2.81. The summed E-state index contributed by atoms with van der Waals surface area (Å²) in [5.74, 6) is -0.547. The molecule has 0 aliphatic heterocycles. The van der Waals surface area contributed by atoms with Crippen molar-refractivity contribution in [2.24, 2.45) is 5.73 Å². The molecule has 0 fully saturated rings. The van der Waals surface area contributed by atoms with Crippen LogP contribution in [0.15, 0.2) is 42.3 Å². The summed E-state index contributed by atoms with van der Waals surface area (Å²) < 4.78 is 46.5. The van der Waals surface area contributed by atoms with Crippen LogP contribution in [-0.2, 0) is 25.9 Å². The number of aryl methyl sites for hydroxylation is 1. The minimum atomic E-state index is -4.79. The van der Waals surface area contributed by atoms with Gasteiger partial charge >= 0.3 is 12.2 Å². The van der Waals surface area contributed by atoms with E-state index in [1.807, 2.05) is 0 Å². The van der Waals surface area contributed by atoms with Gasteiger partial charge in [0.1, 0.15) is 0 Å². The van der Waals surface area contributed by atoms with Crippen LogP contribution in [0.25, 0.3) is 5.57 Å². The van der Waals surface area contributed by atoms with Crippen LogP contribution in [0.1, 0.15) is 49.8 Å². The van der Waals surface area contributed by atoms with Crippen molar-refractivity contribution in [1.82, 2.24) is 9.97 Å². The molecule has 0 atom stereocenters. The number of Topliss-reactive ketones (excluding diaryl/α,β-unsaturated/α-hetero) is 1. The zero-order valence-electron chi connectivity index (χ0n) is 20.6. The fourth-order valence-electron chi connectivity index (χ4n) is 3.57. The van der Waals surface area contributed by atoms with Crippen molar-refractivity contribution in [2.45, 2.75) is 45.7 Å². The number of benzene rings is 1. The molecule has 12 heteroatoms. The molecule has 0 radical (unpaired) electrons. The third kappa shape index (κ3) is 6.13. The Labute approximate surface area is 211 Å². The van der Waals surface area contributed by atoms with Gasteiger partial charge in [0.25, 0.3) is 0 Å². The molecule has 196 valence electrons. The number of nitrogens with zero attached hydrogens (tertiary/aromatic N) is 2. The first kappa shape index (κ1) is 27.4. The number of rotatable bonds is 7. The van der Waals surface area contributed by atoms with E-state index < -0.39 is 29.1 Å². The van der Waals surface area contributed by atoms with Gasteiger partial charge in [-0.3, -0.25) is 9.59 Å². The molecule has 1 aromatic heterocycles. The molecule has 37 heavy (non-hydrogen) atoms. The van der Waals surface area contributed by atoms with Crippen molar-refractivity contribution in [3.8, 4) is 0 Å². The molecule has 3 amide bonds. The van der Waals surface area contributed by atoms with Gasteiger partial charge in [0.15, 0.2) is 11.6 Å². The Morgan fingerprint density at radius 3 is 2.46 bits per heavy atom. The van der Waals surface area contributed by atoms with E-state index >= 15 is 0 Å². The van der Waals surface area contributed by atoms with Crippen LogP contribution in [0.3, 0.4) is 0 Å². The van der Waals surface area contributed by atoms with Crippen molar-refractivity contribution in [3.05, 3.63) is 65.0 Å². The maximum atomic E-state index is 13.7. The van der Waals surface area contributed by atoms with Gasteiger partial charge in [-0.25, -0.2) is 14.8 Å². The maximum Gasteiger partial charge on any atom is 0.416 e. The molecule has 1 aliphatic rings. The van der Waals surface area contributed by atoms with E-state index in [-0.39, 0.29) is 34.9 Å². The number of urea groups is 1. The number of halogens is 3. The molecule has 3 rings (SSSR count). The zero-order valence-corrected chi connectivity index (χ0v) is 20.6. The first-order valence-electron chi connectivity index (χ1n) is 11.3. The lowest BCUT2D eigenvalue weighted by molar-refractivity contribution is -0.139. The van der Waals surface area contributed by atoms with E-state index in [0.29, 0.717) is 23.7 Å². The SMILES string of the molecule is CCOC1=CC(c2ncc(NC(=O)Nc3ccc(C(C)(C)C(N)=O)c(C(F)(F)F)c3)c(C)n2)=CCC1=O. The second kappa shape index (κ2) is 10.4. The van der Waals surface area contributed by atoms with E-state index in [9.17, 15) is 27.6 Å². The molecule has 2 aromatic rings. The number of aromatic nitrogens is 2. The number of primary amides is 1. The number of carbonyl (C=O) groups is 3. The summed E-state index contributed by atoms with van der Waals surface area (Å²) >= 11 is 0. The zero-order chi connectivity index (χ0) is 27.5. The molecular formula is C25H26F3N5O4. The highest BCUT2D eigenvalue weighted by atomic mass is 19.4. The summed E-state index contributed by atoms with van der Waals surface area (Å²) in [4.78, 5) is 44.7.